The van der Waals surface area contributed by atoms with E-state index in [1.54, 1.807) is 18.2 Å². The lowest BCUT2D eigenvalue weighted by Crippen LogP contribution is -2.44. The molecule has 1 saturated heterocycles. The van der Waals surface area contributed by atoms with Crippen LogP contribution in [-0.4, -0.2) is 44.3 Å². The van der Waals surface area contributed by atoms with Gasteiger partial charge in [0.15, 0.2) is 0 Å². The van der Waals surface area contributed by atoms with E-state index in [-0.39, 0.29) is 10.1 Å². The summed E-state index contributed by atoms with van der Waals surface area (Å²) in [7, 11) is 0. The van der Waals surface area contributed by atoms with Gasteiger partial charge >= 0.3 is 5.97 Å². The van der Waals surface area contributed by atoms with E-state index in [1.807, 2.05) is 6.26 Å². The van der Waals surface area contributed by atoms with Gasteiger partial charge in [0, 0.05) is 0 Å². The van der Waals surface area contributed by atoms with Gasteiger partial charge in [-0.05, 0) is 42.2 Å². The molecule has 1 aliphatic heterocycles. The number of benzene rings is 1. The Morgan fingerprint density at radius 2 is 2.13 bits per heavy atom. The summed E-state index contributed by atoms with van der Waals surface area (Å²) in [6.07, 6.45) is 3.79. The standard InChI is InChI=1S/C15H14FNO3S3/c1-22-7-6-11(14(19)20)17-13(18)12(23-15(17)21)8-9-2-4-10(16)5-3-9/h2-5,8,11H,6-7H2,1H3,(H,19,20)/b12-8-/t11-/m1/s1. The first-order valence-electron chi connectivity index (χ1n) is 6.68. The quantitative estimate of drug-likeness (QED) is 0.612. The Morgan fingerprint density at radius 1 is 1.48 bits per heavy atom. The van der Waals surface area contributed by atoms with Gasteiger partial charge in [0.05, 0.1) is 4.91 Å². The largest absolute Gasteiger partial charge is 0.480 e. The highest BCUT2D eigenvalue weighted by Gasteiger charge is 2.40. The summed E-state index contributed by atoms with van der Waals surface area (Å²) in [6.45, 7) is 0. The van der Waals surface area contributed by atoms with E-state index in [1.165, 1.54) is 23.9 Å². The van der Waals surface area contributed by atoms with Crippen molar-refractivity contribution in [3.05, 3.63) is 40.6 Å². The van der Waals surface area contributed by atoms with Gasteiger partial charge in [-0.2, -0.15) is 11.8 Å². The molecule has 0 unspecified atom stereocenters. The zero-order chi connectivity index (χ0) is 17.0. The Kier molecular flexibility index (Phi) is 6.20. The molecule has 122 valence electrons. The number of hydrogen-bond acceptors (Lipinski definition) is 5. The molecule has 0 aromatic heterocycles. The van der Waals surface area contributed by atoms with Gasteiger partial charge in [-0.25, -0.2) is 9.18 Å². The first-order chi connectivity index (χ1) is 10.9. The molecule has 1 heterocycles. The zero-order valence-corrected chi connectivity index (χ0v) is 14.6. The maximum absolute atomic E-state index is 12.9. The highest BCUT2D eigenvalue weighted by Crippen LogP contribution is 2.34. The monoisotopic (exact) mass is 371 g/mol. The molecule has 1 aromatic carbocycles. The highest BCUT2D eigenvalue weighted by molar-refractivity contribution is 8.26. The molecule has 0 spiro atoms. The molecule has 1 fully saturated rings. The van der Waals surface area contributed by atoms with Crippen molar-refractivity contribution in [3.8, 4) is 0 Å². The van der Waals surface area contributed by atoms with Crippen LogP contribution in [0.5, 0.6) is 0 Å². The molecule has 1 aliphatic rings. The fraction of sp³-hybridized carbons (Fsp3) is 0.267. The molecule has 0 bridgehead atoms. The normalized spacial score (nSPS) is 17.8. The second-order valence-corrected chi connectivity index (χ2v) is 7.40. The van der Waals surface area contributed by atoms with E-state index >= 15 is 0 Å². The number of hydrogen-bond donors (Lipinski definition) is 1. The van der Waals surface area contributed by atoms with Gasteiger partial charge in [0.2, 0.25) is 0 Å². The van der Waals surface area contributed by atoms with E-state index in [0.29, 0.717) is 22.6 Å². The number of carbonyl (C=O) groups excluding carboxylic acids is 1. The Labute approximate surface area is 147 Å². The van der Waals surface area contributed by atoms with Crippen molar-refractivity contribution in [1.29, 1.82) is 0 Å². The van der Waals surface area contributed by atoms with Crippen LogP contribution in [0.25, 0.3) is 6.08 Å². The minimum absolute atomic E-state index is 0.233. The number of thiocarbonyl (C=S) groups is 1. The molecule has 1 N–H and O–H groups in total. The molecular formula is C15H14FNO3S3. The summed E-state index contributed by atoms with van der Waals surface area (Å²) in [5.41, 5.74) is 0.655. The van der Waals surface area contributed by atoms with Crippen molar-refractivity contribution in [2.75, 3.05) is 12.0 Å². The molecule has 2 rings (SSSR count). The smallest absolute Gasteiger partial charge is 0.326 e. The van der Waals surface area contributed by atoms with Gasteiger partial charge < -0.3 is 5.11 Å². The van der Waals surface area contributed by atoms with Crippen LogP contribution in [0.4, 0.5) is 4.39 Å². The van der Waals surface area contributed by atoms with Crippen molar-refractivity contribution >= 4 is 58.0 Å². The number of nitrogens with zero attached hydrogens (tertiary/aromatic N) is 1. The summed E-state index contributed by atoms with van der Waals surface area (Å²) in [6, 6.07) is 4.72. The van der Waals surface area contributed by atoms with E-state index in [9.17, 15) is 19.1 Å². The maximum atomic E-state index is 12.9. The molecule has 8 heteroatoms. The Bertz CT molecular complexity index is 660. The van der Waals surface area contributed by atoms with Crippen molar-refractivity contribution in [2.45, 2.75) is 12.5 Å². The SMILES string of the molecule is CSCC[C@H](C(=O)O)N1C(=O)/C(=C/c2ccc(F)cc2)SC1=S. The van der Waals surface area contributed by atoms with Crippen LogP contribution in [0, 0.1) is 5.82 Å². The number of carboxylic acids is 1. The van der Waals surface area contributed by atoms with Crippen LogP contribution in [-0.2, 0) is 9.59 Å². The fourth-order valence-electron chi connectivity index (χ4n) is 2.05. The minimum Gasteiger partial charge on any atom is -0.480 e. The minimum atomic E-state index is -1.07. The summed E-state index contributed by atoms with van der Waals surface area (Å²) < 4.78 is 13.2. The third-order valence-corrected chi connectivity index (χ3v) is 5.16. The Balaban J connectivity index is 2.24. The van der Waals surface area contributed by atoms with Gasteiger partial charge in [0.25, 0.3) is 5.91 Å². The first-order valence-corrected chi connectivity index (χ1v) is 9.30. The summed E-state index contributed by atoms with van der Waals surface area (Å²) in [4.78, 5) is 25.5. The molecule has 4 nitrogen and oxygen atoms in total. The molecule has 0 aliphatic carbocycles. The number of carboxylic acid groups (broad SMARTS) is 1. The first kappa shape index (κ1) is 18.0. The highest BCUT2D eigenvalue weighted by atomic mass is 32.2. The van der Waals surface area contributed by atoms with Crippen molar-refractivity contribution in [2.24, 2.45) is 0 Å². The number of halogens is 1. The lowest BCUT2D eigenvalue weighted by Gasteiger charge is -2.22. The van der Waals surface area contributed by atoms with Crippen LogP contribution >= 0.6 is 35.7 Å². The number of aliphatic carboxylic acids is 1. The predicted molar refractivity (Wildman–Crippen MR) is 95.8 cm³/mol. The molecule has 23 heavy (non-hydrogen) atoms. The van der Waals surface area contributed by atoms with Crippen molar-refractivity contribution in [1.82, 2.24) is 4.90 Å². The van der Waals surface area contributed by atoms with Crippen LogP contribution in [0.15, 0.2) is 29.2 Å². The van der Waals surface area contributed by atoms with Crippen LogP contribution in [0.3, 0.4) is 0 Å². The third kappa shape index (κ3) is 4.33. The lowest BCUT2D eigenvalue weighted by molar-refractivity contribution is -0.145. The van der Waals surface area contributed by atoms with E-state index in [2.05, 4.69) is 0 Å². The fourth-order valence-corrected chi connectivity index (χ4v) is 3.87. The van der Waals surface area contributed by atoms with E-state index in [4.69, 9.17) is 12.2 Å². The van der Waals surface area contributed by atoms with E-state index < -0.39 is 17.9 Å². The number of amides is 1. The molecule has 0 radical (unpaired) electrons. The molecular weight excluding hydrogens is 357 g/mol. The van der Waals surface area contributed by atoms with Gasteiger partial charge in [-0.3, -0.25) is 9.69 Å². The van der Waals surface area contributed by atoms with E-state index in [0.717, 1.165) is 16.7 Å². The molecule has 0 saturated carbocycles. The van der Waals surface area contributed by atoms with Gasteiger partial charge in [0.1, 0.15) is 16.2 Å². The summed E-state index contributed by atoms with van der Waals surface area (Å²) in [5.74, 6) is -1.24. The second-order valence-electron chi connectivity index (χ2n) is 4.74. The van der Waals surface area contributed by atoms with Crippen LogP contribution < -0.4 is 0 Å². The number of carbonyl (C=O) groups is 2. The topological polar surface area (TPSA) is 57.6 Å². The molecule has 1 amide bonds. The Morgan fingerprint density at radius 3 is 2.70 bits per heavy atom. The van der Waals surface area contributed by atoms with Crippen LogP contribution in [0.2, 0.25) is 0 Å². The second kappa shape index (κ2) is 7.94. The summed E-state index contributed by atoms with van der Waals surface area (Å²) in [5, 5.41) is 9.37. The van der Waals surface area contributed by atoms with Crippen molar-refractivity contribution < 1.29 is 19.1 Å². The average molecular weight is 371 g/mol. The summed E-state index contributed by atoms with van der Waals surface area (Å²) >= 11 is 7.75. The third-order valence-electron chi connectivity index (χ3n) is 3.18. The van der Waals surface area contributed by atoms with Crippen LogP contribution in [0.1, 0.15) is 12.0 Å². The lowest BCUT2D eigenvalue weighted by atomic mass is 10.1. The number of rotatable bonds is 6. The van der Waals surface area contributed by atoms with Crippen molar-refractivity contribution in [3.63, 3.8) is 0 Å². The van der Waals surface area contributed by atoms with Gasteiger partial charge in [-0.15, -0.1) is 0 Å². The maximum Gasteiger partial charge on any atom is 0.326 e. The van der Waals surface area contributed by atoms with Gasteiger partial charge in [-0.1, -0.05) is 36.1 Å². The Hall–Kier alpha value is -1.38. The zero-order valence-electron chi connectivity index (χ0n) is 12.2. The molecule has 1 atom stereocenters. The average Bonchev–Trinajstić information content (AvgIpc) is 2.77. The number of thioether (sulfide) groups is 2. The molecule has 1 aromatic rings. The predicted octanol–water partition coefficient (Wildman–Crippen LogP) is 3.23.